The molecule has 0 aliphatic rings. The Labute approximate surface area is 109 Å². The molecular weight excluding hydrogens is 228 g/mol. The minimum Gasteiger partial charge on any atom is -0.373 e. The SMILES string of the molecule is CCc1nn(C)cc1NCC(=O)NC(CC)CC. The maximum absolute atomic E-state index is 11.8. The lowest BCUT2D eigenvalue weighted by Gasteiger charge is -2.15. The summed E-state index contributed by atoms with van der Waals surface area (Å²) in [6.07, 6.45) is 4.70. The van der Waals surface area contributed by atoms with Gasteiger partial charge in [0.25, 0.3) is 0 Å². The van der Waals surface area contributed by atoms with E-state index in [1.165, 1.54) is 0 Å². The number of rotatable bonds is 7. The standard InChI is InChI=1S/C13H24N4O/c1-5-10(6-2)15-13(18)8-14-12-9-17(4)16-11(12)7-3/h9-10,14H,5-8H2,1-4H3,(H,15,18). The molecule has 1 rings (SSSR count). The second kappa shape index (κ2) is 7.03. The number of carbonyl (C=O) groups excluding carboxylic acids is 1. The minimum absolute atomic E-state index is 0.0367. The van der Waals surface area contributed by atoms with E-state index in [9.17, 15) is 4.79 Å². The van der Waals surface area contributed by atoms with E-state index in [1.807, 2.05) is 13.2 Å². The Morgan fingerprint density at radius 1 is 1.39 bits per heavy atom. The molecule has 0 radical (unpaired) electrons. The van der Waals surface area contributed by atoms with Gasteiger partial charge in [0, 0.05) is 19.3 Å². The van der Waals surface area contributed by atoms with Gasteiger partial charge in [-0.1, -0.05) is 20.8 Å². The van der Waals surface area contributed by atoms with Gasteiger partial charge in [-0.15, -0.1) is 0 Å². The number of hydrogen-bond acceptors (Lipinski definition) is 3. The van der Waals surface area contributed by atoms with Crippen molar-refractivity contribution >= 4 is 11.6 Å². The van der Waals surface area contributed by atoms with Crippen LogP contribution in [0.15, 0.2) is 6.20 Å². The zero-order valence-electron chi connectivity index (χ0n) is 11.8. The lowest BCUT2D eigenvalue weighted by atomic mass is 10.2. The Bertz CT molecular complexity index is 382. The zero-order chi connectivity index (χ0) is 13.5. The fourth-order valence-corrected chi connectivity index (χ4v) is 1.89. The molecule has 0 unspecified atom stereocenters. The van der Waals surface area contributed by atoms with Crippen LogP contribution in [-0.4, -0.2) is 28.3 Å². The predicted octanol–water partition coefficient (Wildman–Crippen LogP) is 1.70. The number of hydrogen-bond donors (Lipinski definition) is 2. The predicted molar refractivity (Wildman–Crippen MR) is 73.6 cm³/mol. The van der Waals surface area contributed by atoms with E-state index < -0.39 is 0 Å². The first-order valence-corrected chi connectivity index (χ1v) is 6.66. The van der Waals surface area contributed by atoms with Crippen LogP contribution in [0.3, 0.4) is 0 Å². The normalized spacial score (nSPS) is 10.7. The fourth-order valence-electron chi connectivity index (χ4n) is 1.89. The Kier molecular flexibility index (Phi) is 5.68. The van der Waals surface area contributed by atoms with Crippen LogP contribution in [0.2, 0.25) is 0 Å². The Morgan fingerprint density at radius 2 is 2.06 bits per heavy atom. The average molecular weight is 252 g/mol. The monoisotopic (exact) mass is 252 g/mol. The van der Waals surface area contributed by atoms with Gasteiger partial charge in [-0.05, 0) is 19.3 Å². The maximum Gasteiger partial charge on any atom is 0.239 e. The van der Waals surface area contributed by atoms with Crippen LogP contribution >= 0.6 is 0 Å². The fraction of sp³-hybridized carbons (Fsp3) is 0.692. The summed E-state index contributed by atoms with van der Waals surface area (Å²) in [6, 6.07) is 0.277. The molecule has 0 bridgehead atoms. The summed E-state index contributed by atoms with van der Waals surface area (Å²) >= 11 is 0. The van der Waals surface area contributed by atoms with Crippen molar-refractivity contribution in [1.29, 1.82) is 0 Å². The highest BCUT2D eigenvalue weighted by atomic mass is 16.1. The van der Waals surface area contributed by atoms with Crippen LogP contribution in [0.4, 0.5) is 5.69 Å². The summed E-state index contributed by atoms with van der Waals surface area (Å²) in [5.41, 5.74) is 1.94. The summed E-state index contributed by atoms with van der Waals surface area (Å²) in [6.45, 7) is 6.52. The zero-order valence-corrected chi connectivity index (χ0v) is 11.8. The number of nitrogens with one attached hydrogen (secondary N) is 2. The van der Waals surface area contributed by atoms with Gasteiger partial charge >= 0.3 is 0 Å². The lowest BCUT2D eigenvalue weighted by Crippen LogP contribution is -2.37. The topological polar surface area (TPSA) is 59.0 Å². The van der Waals surface area contributed by atoms with Crippen molar-refractivity contribution in [3.63, 3.8) is 0 Å². The van der Waals surface area contributed by atoms with E-state index in [0.717, 1.165) is 30.6 Å². The molecule has 0 saturated carbocycles. The highest BCUT2D eigenvalue weighted by molar-refractivity contribution is 5.81. The number of nitrogens with zero attached hydrogens (tertiary/aromatic N) is 2. The number of carbonyl (C=O) groups is 1. The minimum atomic E-state index is 0.0367. The van der Waals surface area contributed by atoms with Crippen LogP contribution in [0.1, 0.15) is 39.3 Å². The first kappa shape index (κ1) is 14.5. The van der Waals surface area contributed by atoms with E-state index in [4.69, 9.17) is 0 Å². The first-order valence-electron chi connectivity index (χ1n) is 6.66. The average Bonchev–Trinajstić information content (AvgIpc) is 2.73. The molecule has 0 aromatic carbocycles. The van der Waals surface area contributed by atoms with Gasteiger partial charge in [-0.25, -0.2) is 0 Å². The third kappa shape index (κ3) is 4.05. The van der Waals surface area contributed by atoms with Crippen LogP contribution in [-0.2, 0) is 18.3 Å². The summed E-state index contributed by atoms with van der Waals surface area (Å²) in [5.74, 6) is 0.0367. The molecule has 5 nitrogen and oxygen atoms in total. The molecule has 18 heavy (non-hydrogen) atoms. The third-order valence-corrected chi connectivity index (χ3v) is 3.03. The van der Waals surface area contributed by atoms with E-state index in [1.54, 1.807) is 4.68 Å². The van der Waals surface area contributed by atoms with Crippen LogP contribution in [0.25, 0.3) is 0 Å². The van der Waals surface area contributed by atoms with Crippen molar-refractivity contribution in [1.82, 2.24) is 15.1 Å². The second-order valence-corrected chi connectivity index (χ2v) is 4.45. The number of aryl methyl sites for hydroxylation is 2. The molecule has 1 aromatic rings. The highest BCUT2D eigenvalue weighted by Gasteiger charge is 2.10. The number of anilines is 1. The Balaban J connectivity index is 2.46. The summed E-state index contributed by atoms with van der Waals surface area (Å²) in [4.78, 5) is 11.8. The Hall–Kier alpha value is -1.52. The molecule has 5 heteroatoms. The molecule has 0 aliphatic carbocycles. The van der Waals surface area contributed by atoms with E-state index in [2.05, 4.69) is 36.5 Å². The molecule has 0 saturated heterocycles. The highest BCUT2D eigenvalue weighted by Crippen LogP contribution is 2.12. The molecule has 1 aromatic heterocycles. The summed E-state index contributed by atoms with van der Waals surface area (Å²) in [7, 11) is 1.88. The van der Waals surface area contributed by atoms with Crippen molar-refractivity contribution in [3.05, 3.63) is 11.9 Å². The molecular formula is C13H24N4O. The largest absolute Gasteiger partial charge is 0.373 e. The van der Waals surface area contributed by atoms with Gasteiger partial charge < -0.3 is 10.6 Å². The van der Waals surface area contributed by atoms with Crippen LogP contribution in [0.5, 0.6) is 0 Å². The van der Waals surface area contributed by atoms with Crippen LogP contribution < -0.4 is 10.6 Å². The molecule has 0 spiro atoms. The van der Waals surface area contributed by atoms with Gasteiger partial charge in [0.2, 0.25) is 5.91 Å². The van der Waals surface area contributed by atoms with Gasteiger partial charge in [0.05, 0.1) is 17.9 Å². The van der Waals surface area contributed by atoms with Crippen molar-refractivity contribution in [3.8, 4) is 0 Å². The summed E-state index contributed by atoms with van der Waals surface area (Å²) in [5, 5.41) is 10.5. The summed E-state index contributed by atoms with van der Waals surface area (Å²) < 4.78 is 1.76. The molecule has 0 atom stereocenters. The molecule has 1 heterocycles. The van der Waals surface area contributed by atoms with Gasteiger partial charge in [0.1, 0.15) is 0 Å². The van der Waals surface area contributed by atoms with E-state index in [0.29, 0.717) is 6.54 Å². The van der Waals surface area contributed by atoms with Gasteiger partial charge in [-0.2, -0.15) is 5.10 Å². The van der Waals surface area contributed by atoms with Crippen molar-refractivity contribution < 1.29 is 4.79 Å². The number of aromatic nitrogens is 2. The van der Waals surface area contributed by atoms with Crippen molar-refractivity contribution in [2.45, 2.75) is 46.1 Å². The first-order chi connectivity index (χ1) is 8.60. The molecule has 0 aliphatic heterocycles. The van der Waals surface area contributed by atoms with Crippen molar-refractivity contribution in [2.75, 3.05) is 11.9 Å². The molecule has 0 fully saturated rings. The van der Waals surface area contributed by atoms with Gasteiger partial charge in [0.15, 0.2) is 0 Å². The van der Waals surface area contributed by atoms with Gasteiger partial charge in [-0.3, -0.25) is 9.48 Å². The van der Waals surface area contributed by atoms with E-state index >= 15 is 0 Å². The number of amides is 1. The van der Waals surface area contributed by atoms with Crippen LogP contribution in [0, 0.1) is 0 Å². The lowest BCUT2D eigenvalue weighted by molar-refractivity contribution is -0.120. The molecule has 2 N–H and O–H groups in total. The second-order valence-electron chi connectivity index (χ2n) is 4.45. The van der Waals surface area contributed by atoms with E-state index in [-0.39, 0.29) is 11.9 Å². The molecule has 1 amide bonds. The quantitative estimate of drug-likeness (QED) is 0.776. The van der Waals surface area contributed by atoms with Crippen molar-refractivity contribution in [2.24, 2.45) is 7.05 Å². The third-order valence-electron chi connectivity index (χ3n) is 3.03. The maximum atomic E-state index is 11.8. The smallest absolute Gasteiger partial charge is 0.239 e. The Morgan fingerprint density at radius 3 is 2.61 bits per heavy atom. The molecule has 102 valence electrons.